The number of nitrogens with zero attached hydrogens (tertiary/aromatic N) is 1. The number of pyridine rings is 1. The summed E-state index contributed by atoms with van der Waals surface area (Å²) in [5, 5.41) is 1.10. The van der Waals surface area contributed by atoms with Crippen molar-refractivity contribution in [2.45, 2.75) is 12.5 Å². The van der Waals surface area contributed by atoms with Crippen molar-refractivity contribution >= 4 is 10.9 Å². The van der Waals surface area contributed by atoms with Gasteiger partial charge in [-0.3, -0.25) is 16.3 Å². The van der Waals surface area contributed by atoms with Crippen molar-refractivity contribution in [1.29, 1.82) is 0 Å². The molecule has 3 nitrogen and oxygen atoms in total. The van der Waals surface area contributed by atoms with Crippen LogP contribution in [0.2, 0.25) is 0 Å². The molecule has 0 aliphatic rings. The molecule has 0 saturated carbocycles. The van der Waals surface area contributed by atoms with E-state index in [-0.39, 0.29) is 11.9 Å². The third-order valence-corrected chi connectivity index (χ3v) is 3.52. The number of fused-ring (bicyclic) bond motifs is 1. The molecule has 1 heterocycles. The molecule has 0 amide bonds. The molecule has 0 spiro atoms. The summed E-state index contributed by atoms with van der Waals surface area (Å²) in [6.45, 7) is 0. The standard InChI is InChI=1S/C17H16FN3/c18-14-6-3-5-13(10-14)17(21-19)11-15-9-8-12-4-1-2-7-16(12)20-15/h1-10,17,21H,11,19H2. The van der Waals surface area contributed by atoms with Gasteiger partial charge >= 0.3 is 0 Å². The molecule has 1 aromatic heterocycles. The van der Waals surface area contributed by atoms with Gasteiger partial charge in [-0.2, -0.15) is 0 Å². The molecule has 0 bridgehead atoms. The van der Waals surface area contributed by atoms with E-state index >= 15 is 0 Å². The summed E-state index contributed by atoms with van der Waals surface area (Å²) in [5.41, 5.74) is 5.41. The van der Waals surface area contributed by atoms with E-state index in [0.717, 1.165) is 22.2 Å². The Morgan fingerprint density at radius 1 is 1.05 bits per heavy atom. The van der Waals surface area contributed by atoms with Gasteiger partial charge in [0.15, 0.2) is 0 Å². The first-order valence-electron chi connectivity index (χ1n) is 6.82. The third-order valence-electron chi connectivity index (χ3n) is 3.52. The smallest absolute Gasteiger partial charge is 0.123 e. The van der Waals surface area contributed by atoms with Crippen LogP contribution >= 0.6 is 0 Å². The summed E-state index contributed by atoms with van der Waals surface area (Å²) < 4.78 is 13.3. The van der Waals surface area contributed by atoms with Crippen molar-refractivity contribution in [3.8, 4) is 0 Å². The maximum absolute atomic E-state index is 13.3. The lowest BCUT2D eigenvalue weighted by molar-refractivity contribution is 0.540. The molecule has 1 atom stereocenters. The number of hydrogen-bond donors (Lipinski definition) is 2. The molecule has 0 radical (unpaired) electrons. The number of nitrogens with one attached hydrogen (secondary N) is 1. The summed E-state index contributed by atoms with van der Waals surface area (Å²) in [6, 6.07) is 18.3. The highest BCUT2D eigenvalue weighted by atomic mass is 19.1. The number of para-hydroxylation sites is 1. The average molecular weight is 281 g/mol. The molecule has 0 aliphatic heterocycles. The molecule has 1 unspecified atom stereocenters. The highest BCUT2D eigenvalue weighted by molar-refractivity contribution is 5.78. The van der Waals surface area contributed by atoms with Crippen LogP contribution in [-0.2, 0) is 6.42 Å². The van der Waals surface area contributed by atoms with Crippen LogP contribution in [0.3, 0.4) is 0 Å². The van der Waals surface area contributed by atoms with Gasteiger partial charge in [-0.25, -0.2) is 4.39 Å². The van der Waals surface area contributed by atoms with Crippen LogP contribution in [0.1, 0.15) is 17.3 Å². The van der Waals surface area contributed by atoms with Crippen molar-refractivity contribution < 1.29 is 4.39 Å². The van der Waals surface area contributed by atoms with Gasteiger partial charge in [-0.1, -0.05) is 36.4 Å². The van der Waals surface area contributed by atoms with Crippen molar-refractivity contribution in [3.63, 3.8) is 0 Å². The molecule has 3 aromatic rings. The summed E-state index contributed by atoms with van der Waals surface area (Å²) >= 11 is 0. The first-order valence-corrected chi connectivity index (χ1v) is 6.82. The highest BCUT2D eigenvalue weighted by Crippen LogP contribution is 2.19. The lowest BCUT2D eigenvalue weighted by atomic mass is 10.0. The van der Waals surface area contributed by atoms with Crippen LogP contribution in [-0.4, -0.2) is 4.98 Å². The lowest BCUT2D eigenvalue weighted by Crippen LogP contribution is -2.29. The maximum Gasteiger partial charge on any atom is 0.123 e. The van der Waals surface area contributed by atoms with Gasteiger partial charge in [0.2, 0.25) is 0 Å². The first-order chi connectivity index (χ1) is 10.3. The number of hydrogen-bond acceptors (Lipinski definition) is 3. The van der Waals surface area contributed by atoms with Gasteiger partial charge in [0.25, 0.3) is 0 Å². The summed E-state index contributed by atoms with van der Waals surface area (Å²) in [7, 11) is 0. The molecule has 0 fully saturated rings. The number of benzene rings is 2. The summed E-state index contributed by atoms with van der Waals surface area (Å²) in [5.74, 6) is 5.35. The Morgan fingerprint density at radius 3 is 2.71 bits per heavy atom. The van der Waals surface area contributed by atoms with Gasteiger partial charge in [0, 0.05) is 17.5 Å². The van der Waals surface area contributed by atoms with Crippen molar-refractivity contribution in [2.24, 2.45) is 5.84 Å². The SMILES string of the molecule is NNC(Cc1ccc2ccccc2n1)c1cccc(F)c1. The number of nitrogens with two attached hydrogens (primary N) is 1. The number of rotatable bonds is 4. The molecule has 0 saturated heterocycles. The molecule has 3 N–H and O–H groups in total. The first kappa shape index (κ1) is 13.7. The van der Waals surface area contributed by atoms with Crippen molar-refractivity contribution in [2.75, 3.05) is 0 Å². The Labute approximate surface area is 122 Å². The summed E-state index contributed by atoms with van der Waals surface area (Å²) in [6.07, 6.45) is 0.602. The average Bonchev–Trinajstić information content (AvgIpc) is 2.52. The minimum Gasteiger partial charge on any atom is -0.271 e. The number of hydrazine groups is 1. The third kappa shape index (κ3) is 3.07. The Bertz CT molecular complexity index is 758. The lowest BCUT2D eigenvalue weighted by Gasteiger charge is -2.16. The van der Waals surface area contributed by atoms with Crippen LogP contribution in [0.4, 0.5) is 4.39 Å². The van der Waals surface area contributed by atoms with E-state index in [1.807, 2.05) is 42.5 Å². The van der Waals surface area contributed by atoms with Crippen LogP contribution in [0.25, 0.3) is 10.9 Å². The topological polar surface area (TPSA) is 50.9 Å². The Kier molecular flexibility index (Phi) is 3.90. The van der Waals surface area contributed by atoms with Crippen LogP contribution in [0.15, 0.2) is 60.7 Å². The van der Waals surface area contributed by atoms with Gasteiger partial charge < -0.3 is 0 Å². The van der Waals surface area contributed by atoms with E-state index in [0.29, 0.717) is 6.42 Å². The molecule has 0 aliphatic carbocycles. The molecule has 3 rings (SSSR count). The van der Waals surface area contributed by atoms with Crippen molar-refractivity contribution in [1.82, 2.24) is 10.4 Å². The van der Waals surface area contributed by atoms with E-state index in [9.17, 15) is 4.39 Å². The molecule has 2 aromatic carbocycles. The number of halogens is 1. The zero-order valence-corrected chi connectivity index (χ0v) is 11.5. The van der Waals surface area contributed by atoms with E-state index in [1.165, 1.54) is 12.1 Å². The second kappa shape index (κ2) is 5.99. The molecule has 21 heavy (non-hydrogen) atoms. The van der Waals surface area contributed by atoms with Crippen LogP contribution in [0.5, 0.6) is 0 Å². The highest BCUT2D eigenvalue weighted by Gasteiger charge is 2.12. The minimum absolute atomic E-state index is 0.172. The quantitative estimate of drug-likeness (QED) is 0.570. The Hall–Kier alpha value is -2.30. The molecule has 106 valence electrons. The molecular formula is C17H16FN3. The molecular weight excluding hydrogens is 265 g/mol. The normalized spacial score (nSPS) is 12.5. The van der Waals surface area contributed by atoms with E-state index in [4.69, 9.17) is 5.84 Å². The van der Waals surface area contributed by atoms with Gasteiger partial charge in [-0.15, -0.1) is 0 Å². The predicted molar refractivity (Wildman–Crippen MR) is 81.9 cm³/mol. The van der Waals surface area contributed by atoms with Gasteiger partial charge in [0.05, 0.1) is 11.6 Å². The summed E-state index contributed by atoms with van der Waals surface area (Å²) in [4.78, 5) is 4.62. The van der Waals surface area contributed by atoms with E-state index < -0.39 is 0 Å². The minimum atomic E-state index is -0.265. The van der Waals surface area contributed by atoms with Crippen LogP contribution < -0.4 is 11.3 Å². The zero-order valence-electron chi connectivity index (χ0n) is 11.5. The van der Waals surface area contributed by atoms with E-state index in [1.54, 1.807) is 6.07 Å². The fourth-order valence-electron chi connectivity index (χ4n) is 2.43. The fraction of sp³-hybridized carbons (Fsp3) is 0.118. The maximum atomic E-state index is 13.3. The molecule has 4 heteroatoms. The largest absolute Gasteiger partial charge is 0.271 e. The number of aromatic nitrogens is 1. The fourth-order valence-corrected chi connectivity index (χ4v) is 2.43. The second-order valence-corrected chi connectivity index (χ2v) is 4.97. The monoisotopic (exact) mass is 281 g/mol. The van der Waals surface area contributed by atoms with E-state index in [2.05, 4.69) is 10.4 Å². The van der Waals surface area contributed by atoms with Crippen molar-refractivity contribution in [3.05, 3.63) is 77.7 Å². The predicted octanol–water partition coefficient (Wildman–Crippen LogP) is 3.12. The van der Waals surface area contributed by atoms with Gasteiger partial charge in [0.1, 0.15) is 5.82 Å². The Balaban J connectivity index is 1.88. The zero-order chi connectivity index (χ0) is 14.7. The van der Waals surface area contributed by atoms with Crippen LogP contribution in [0, 0.1) is 5.82 Å². The van der Waals surface area contributed by atoms with Gasteiger partial charge in [-0.05, 0) is 29.8 Å². The Morgan fingerprint density at radius 2 is 1.90 bits per heavy atom. The second-order valence-electron chi connectivity index (χ2n) is 4.97.